The van der Waals surface area contributed by atoms with E-state index in [0.717, 1.165) is 51.4 Å². The number of likely N-dealkylation sites (tertiary alicyclic amines) is 2. The van der Waals surface area contributed by atoms with Crippen molar-refractivity contribution in [2.24, 2.45) is 10.9 Å². The number of aliphatic imine (C=N–C) groups is 1. The Morgan fingerprint density at radius 3 is 2.77 bits per heavy atom. The molecule has 0 amide bonds. The van der Waals surface area contributed by atoms with Crippen LogP contribution < -0.4 is 5.32 Å². The van der Waals surface area contributed by atoms with E-state index >= 15 is 0 Å². The summed E-state index contributed by atoms with van der Waals surface area (Å²) in [5, 5.41) is 3.49. The fourth-order valence-corrected chi connectivity index (χ4v) is 3.88. The topological polar surface area (TPSA) is 40.1 Å². The van der Waals surface area contributed by atoms with Crippen molar-refractivity contribution in [2.75, 3.05) is 52.5 Å². The van der Waals surface area contributed by atoms with Gasteiger partial charge in [-0.05, 0) is 45.7 Å². The zero-order valence-corrected chi connectivity index (χ0v) is 14.1. The number of piperidine rings is 1. The molecule has 3 aliphatic rings. The lowest BCUT2D eigenvalue weighted by molar-refractivity contribution is 0.168. The number of nitrogens with one attached hydrogen (secondary N) is 1. The Labute approximate surface area is 135 Å². The first kappa shape index (κ1) is 16.1. The SMILES string of the molecule is CCNC(=NCC1CCOC1)N1CCC(N2CCCCC2)C1. The Hall–Kier alpha value is -0.810. The Kier molecular flexibility index (Phi) is 5.96. The smallest absolute Gasteiger partial charge is 0.193 e. The number of ether oxygens (including phenoxy) is 1. The summed E-state index contributed by atoms with van der Waals surface area (Å²) in [6, 6.07) is 0.735. The quantitative estimate of drug-likeness (QED) is 0.632. The molecule has 5 nitrogen and oxygen atoms in total. The van der Waals surface area contributed by atoms with Crippen LogP contribution in [0.3, 0.4) is 0 Å². The minimum atomic E-state index is 0.620. The zero-order valence-electron chi connectivity index (χ0n) is 14.1. The zero-order chi connectivity index (χ0) is 15.2. The molecule has 0 aromatic rings. The summed E-state index contributed by atoms with van der Waals surface area (Å²) < 4.78 is 5.46. The van der Waals surface area contributed by atoms with Crippen LogP contribution in [0.2, 0.25) is 0 Å². The van der Waals surface area contributed by atoms with Gasteiger partial charge in [0, 0.05) is 44.7 Å². The Bertz CT molecular complexity index is 362. The van der Waals surface area contributed by atoms with Crippen molar-refractivity contribution in [3.63, 3.8) is 0 Å². The molecule has 3 fully saturated rings. The van der Waals surface area contributed by atoms with E-state index in [1.165, 1.54) is 45.2 Å². The third-order valence-corrected chi connectivity index (χ3v) is 5.23. The highest BCUT2D eigenvalue weighted by Gasteiger charge is 2.30. The molecule has 1 N–H and O–H groups in total. The highest BCUT2D eigenvalue weighted by atomic mass is 16.5. The van der Waals surface area contributed by atoms with Gasteiger partial charge in [-0.2, -0.15) is 0 Å². The van der Waals surface area contributed by atoms with Gasteiger partial charge in [-0.3, -0.25) is 9.89 Å². The molecule has 5 heteroatoms. The van der Waals surface area contributed by atoms with Crippen molar-refractivity contribution in [1.82, 2.24) is 15.1 Å². The molecule has 3 saturated heterocycles. The molecule has 0 aromatic carbocycles. The molecular formula is C17H32N4O. The van der Waals surface area contributed by atoms with Gasteiger partial charge in [0.15, 0.2) is 5.96 Å². The second-order valence-corrected chi connectivity index (χ2v) is 6.91. The molecule has 3 heterocycles. The first-order chi connectivity index (χ1) is 10.9. The summed E-state index contributed by atoms with van der Waals surface area (Å²) in [5.41, 5.74) is 0. The van der Waals surface area contributed by atoms with E-state index in [0.29, 0.717) is 5.92 Å². The van der Waals surface area contributed by atoms with Crippen LogP contribution in [0.15, 0.2) is 4.99 Å². The second kappa shape index (κ2) is 8.16. The minimum absolute atomic E-state index is 0.620. The van der Waals surface area contributed by atoms with Crippen LogP contribution in [0.5, 0.6) is 0 Å². The van der Waals surface area contributed by atoms with Gasteiger partial charge < -0.3 is 15.0 Å². The van der Waals surface area contributed by atoms with Crippen molar-refractivity contribution < 1.29 is 4.74 Å². The summed E-state index contributed by atoms with van der Waals surface area (Å²) in [6.45, 7) is 10.7. The van der Waals surface area contributed by atoms with Crippen molar-refractivity contribution >= 4 is 5.96 Å². The van der Waals surface area contributed by atoms with Gasteiger partial charge in [0.1, 0.15) is 0 Å². The molecule has 0 bridgehead atoms. The van der Waals surface area contributed by atoms with E-state index in [2.05, 4.69) is 22.0 Å². The number of nitrogens with zero attached hydrogens (tertiary/aromatic N) is 3. The van der Waals surface area contributed by atoms with Crippen LogP contribution in [-0.2, 0) is 4.74 Å². The molecule has 0 saturated carbocycles. The van der Waals surface area contributed by atoms with E-state index in [9.17, 15) is 0 Å². The van der Waals surface area contributed by atoms with E-state index < -0.39 is 0 Å². The monoisotopic (exact) mass is 308 g/mol. The molecule has 2 atom stereocenters. The highest BCUT2D eigenvalue weighted by Crippen LogP contribution is 2.20. The molecule has 0 radical (unpaired) electrons. The molecule has 126 valence electrons. The molecule has 0 spiro atoms. The first-order valence-corrected chi connectivity index (χ1v) is 9.22. The highest BCUT2D eigenvalue weighted by molar-refractivity contribution is 5.80. The van der Waals surface area contributed by atoms with Gasteiger partial charge in [-0.25, -0.2) is 0 Å². The molecular weight excluding hydrogens is 276 g/mol. The fraction of sp³-hybridized carbons (Fsp3) is 0.941. The Morgan fingerprint density at radius 1 is 1.18 bits per heavy atom. The molecule has 2 unspecified atom stereocenters. The van der Waals surface area contributed by atoms with Crippen molar-refractivity contribution in [3.8, 4) is 0 Å². The Morgan fingerprint density at radius 2 is 2.05 bits per heavy atom. The van der Waals surface area contributed by atoms with Crippen molar-refractivity contribution in [2.45, 2.75) is 45.1 Å². The predicted molar refractivity (Wildman–Crippen MR) is 90.3 cm³/mol. The van der Waals surface area contributed by atoms with E-state index in [4.69, 9.17) is 9.73 Å². The van der Waals surface area contributed by atoms with Gasteiger partial charge in [0.25, 0.3) is 0 Å². The lowest BCUT2D eigenvalue weighted by Crippen LogP contribution is -2.44. The van der Waals surface area contributed by atoms with Crippen molar-refractivity contribution in [3.05, 3.63) is 0 Å². The number of rotatable bonds is 4. The Balaban J connectivity index is 1.53. The largest absolute Gasteiger partial charge is 0.381 e. The molecule has 22 heavy (non-hydrogen) atoms. The van der Waals surface area contributed by atoms with Gasteiger partial charge in [0.05, 0.1) is 6.61 Å². The van der Waals surface area contributed by atoms with Crippen LogP contribution in [0.4, 0.5) is 0 Å². The third-order valence-electron chi connectivity index (χ3n) is 5.23. The van der Waals surface area contributed by atoms with E-state index in [-0.39, 0.29) is 0 Å². The molecule has 3 rings (SSSR count). The fourth-order valence-electron chi connectivity index (χ4n) is 3.88. The lowest BCUT2D eigenvalue weighted by Gasteiger charge is -2.32. The predicted octanol–water partition coefficient (Wildman–Crippen LogP) is 1.55. The third kappa shape index (κ3) is 4.13. The first-order valence-electron chi connectivity index (χ1n) is 9.22. The molecule has 0 aromatic heterocycles. The normalized spacial score (nSPS) is 31.0. The van der Waals surface area contributed by atoms with Gasteiger partial charge >= 0.3 is 0 Å². The van der Waals surface area contributed by atoms with Gasteiger partial charge in [-0.15, -0.1) is 0 Å². The van der Waals surface area contributed by atoms with E-state index in [1.807, 2.05) is 0 Å². The lowest BCUT2D eigenvalue weighted by atomic mass is 10.1. The summed E-state index contributed by atoms with van der Waals surface area (Å²) >= 11 is 0. The van der Waals surface area contributed by atoms with Gasteiger partial charge in [0.2, 0.25) is 0 Å². The van der Waals surface area contributed by atoms with Gasteiger partial charge in [-0.1, -0.05) is 6.42 Å². The summed E-state index contributed by atoms with van der Waals surface area (Å²) in [5.74, 6) is 1.74. The average Bonchev–Trinajstić information content (AvgIpc) is 3.24. The van der Waals surface area contributed by atoms with Crippen LogP contribution >= 0.6 is 0 Å². The van der Waals surface area contributed by atoms with Crippen LogP contribution in [0.1, 0.15) is 39.0 Å². The number of guanidine groups is 1. The van der Waals surface area contributed by atoms with Crippen LogP contribution in [0.25, 0.3) is 0 Å². The summed E-state index contributed by atoms with van der Waals surface area (Å²) in [4.78, 5) is 10.1. The number of hydrogen-bond acceptors (Lipinski definition) is 3. The second-order valence-electron chi connectivity index (χ2n) is 6.91. The van der Waals surface area contributed by atoms with Crippen LogP contribution in [0, 0.1) is 5.92 Å². The average molecular weight is 308 g/mol. The maximum absolute atomic E-state index is 5.46. The summed E-state index contributed by atoms with van der Waals surface area (Å²) in [6.07, 6.45) is 6.63. The van der Waals surface area contributed by atoms with Crippen LogP contribution in [-0.4, -0.2) is 74.3 Å². The molecule has 3 aliphatic heterocycles. The standard InChI is InChI=1S/C17H32N4O/c1-2-18-17(19-12-15-7-11-22-14-15)21-10-6-16(13-21)20-8-4-3-5-9-20/h15-16H,2-14H2,1H3,(H,18,19). The maximum atomic E-state index is 5.46. The molecule has 0 aliphatic carbocycles. The van der Waals surface area contributed by atoms with Crippen molar-refractivity contribution in [1.29, 1.82) is 0 Å². The maximum Gasteiger partial charge on any atom is 0.193 e. The number of hydrogen-bond donors (Lipinski definition) is 1. The summed E-state index contributed by atoms with van der Waals surface area (Å²) in [7, 11) is 0. The minimum Gasteiger partial charge on any atom is -0.381 e. The van der Waals surface area contributed by atoms with E-state index in [1.54, 1.807) is 0 Å².